The van der Waals surface area contributed by atoms with Gasteiger partial charge in [0.15, 0.2) is 0 Å². The van der Waals surface area contributed by atoms with Crippen molar-refractivity contribution in [2.75, 3.05) is 0 Å². The van der Waals surface area contributed by atoms with Crippen molar-refractivity contribution >= 4 is 0 Å². The van der Waals surface area contributed by atoms with Crippen LogP contribution >= 0.6 is 0 Å². The molecule has 0 bridgehead atoms. The monoisotopic (exact) mass is 286 g/mol. The molecule has 0 saturated heterocycles. The molecule has 0 aliphatic carbocycles. The number of aromatic amines is 1. The van der Waals surface area contributed by atoms with E-state index in [2.05, 4.69) is 9.84 Å². The summed E-state index contributed by atoms with van der Waals surface area (Å²) >= 11 is 0. The van der Waals surface area contributed by atoms with Gasteiger partial charge in [0.1, 0.15) is 5.75 Å². The van der Waals surface area contributed by atoms with Gasteiger partial charge in [-0.05, 0) is 24.1 Å². The second kappa shape index (κ2) is 5.44. The normalized spacial score (nSPS) is 11.6. The zero-order valence-corrected chi connectivity index (χ0v) is 10.7. The van der Waals surface area contributed by atoms with Crippen molar-refractivity contribution in [1.82, 2.24) is 9.78 Å². The molecule has 20 heavy (non-hydrogen) atoms. The van der Waals surface area contributed by atoms with Crippen LogP contribution in [0.25, 0.3) is 0 Å². The zero-order valence-electron chi connectivity index (χ0n) is 10.7. The molecule has 1 N–H and O–H groups in total. The molecule has 1 aromatic carbocycles. The second-order valence-corrected chi connectivity index (χ2v) is 4.25. The van der Waals surface area contributed by atoms with Gasteiger partial charge >= 0.3 is 6.36 Å². The predicted molar refractivity (Wildman–Crippen MR) is 66.7 cm³/mol. The van der Waals surface area contributed by atoms with Crippen LogP contribution < -0.4 is 10.3 Å². The number of H-pyrrole nitrogens is 1. The van der Waals surface area contributed by atoms with E-state index in [1.165, 1.54) is 35.0 Å². The van der Waals surface area contributed by atoms with Crippen molar-refractivity contribution in [3.63, 3.8) is 0 Å². The summed E-state index contributed by atoms with van der Waals surface area (Å²) in [6.45, 7) is 2.18. The highest BCUT2D eigenvalue weighted by Crippen LogP contribution is 2.22. The number of benzene rings is 1. The maximum Gasteiger partial charge on any atom is 0.573 e. The highest BCUT2D eigenvalue weighted by atomic mass is 19.4. The number of alkyl halides is 3. The quantitative estimate of drug-likeness (QED) is 0.939. The van der Waals surface area contributed by atoms with E-state index in [4.69, 9.17) is 0 Å². The SMILES string of the molecule is CCc1cc(=O)n(Cc2ccc(OC(F)(F)F)cc2)[nH]1. The Morgan fingerprint density at radius 3 is 2.40 bits per heavy atom. The van der Waals surface area contributed by atoms with Gasteiger partial charge in [-0.25, -0.2) is 4.68 Å². The minimum absolute atomic E-state index is 0.169. The molecule has 4 nitrogen and oxygen atoms in total. The Morgan fingerprint density at radius 1 is 1.25 bits per heavy atom. The average molecular weight is 286 g/mol. The third-order valence-corrected chi connectivity index (χ3v) is 2.72. The van der Waals surface area contributed by atoms with Crippen molar-refractivity contribution in [1.29, 1.82) is 0 Å². The van der Waals surface area contributed by atoms with Crippen molar-refractivity contribution in [2.45, 2.75) is 26.3 Å². The lowest BCUT2D eigenvalue weighted by atomic mass is 10.2. The van der Waals surface area contributed by atoms with Crippen molar-refractivity contribution < 1.29 is 17.9 Å². The lowest BCUT2D eigenvalue weighted by molar-refractivity contribution is -0.274. The minimum Gasteiger partial charge on any atom is -0.406 e. The Bertz CT molecular complexity index is 626. The largest absolute Gasteiger partial charge is 0.573 e. The first-order chi connectivity index (χ1) is 9.37. The summed E-state index contributed by atoms with van der Waals surface area (Å²) in [5, 5.41) is 2.93. The van der Waals surface area contributed by atoms with Gasteiger partial charge in [-0.2, -0.15) is 0 Å². The lowest BCUT2D eigenvalue weighted by Gasteiger charge is -2.09. The second-order valence-electron chi connectivity index (χ2n) is 4.25. The molecule has 0 aliphatic rings. The van der Waals surface area contributed by atoms with Crippen LogP contribution in [-0.2, 0) is 13.0 Å². The zero-order chi connectivity index (χ0) is 14.8. The average Bonchev–Trinajstić information content (AvgIpc) is 2.71. The molecule has 0 radical (unpaired) electrons. The molecule has 7 heteroatoms. The molecule has 0 fully saturated rings. The van der Waals surface area contributed by atoms with Gasteiger partial charge in [-0.3, -0.25) is 9.89 Å². The number of rotatable bonds is 4. The Labute approximate surface area is 112 Å². The summed E-state index contributed by atoms with van der Waals surface area (Å²) in [7, 11) is 0. The van der Waals surface area contributed by atoms with Gasteiger partial charge < -0.3 is 4.74 Å². The molecule has 0 amide bonds. The van der Waals surface area contributed by atoms with Gasteiger partial charge in [0, 0.05) is 11.8 Å². The summed E-state index contributed by atoms with van der Waals surface area (Å²) < 4.78 is 41.2. The number of nitrogens with zero attached hydrogens (tertiary/aromatic N) is 1. The summed E-state index contributed by atoms with van der Waals surface area (Å²) in [5.74, 6) is -0.283. The third kappa shape index (κ3) is 3.66. The fraction of sp³-hybridized carbons (Fsp3) is 0.308. The van der Waals surface area contributed by atoms with E-state index in [1.54, 1.807) is 0 Å². The van der Waals surface area contributed by atoms with Crippen molar-refractivity contribution in [3.8, 4) is 5.75 Å². The first-order valence-electron chi connectivity index (χ1n) is 6.01. The first-order valence-corrected chi connectivity index (χ1v) is 6.01. The van der Waals surface area contributed by atoms with Crippen LogP contribution in [0.3, 0.4) is 0 Å². The van der Waals surface area contributed by atoms with Crippen LogP contribution in [-0.4, -0.2) is 16.1 Å². The van der Waals surface area contributed by atoms with E-state index in [-0.39, 0.29) is 17.9 Å². The number of hydrogen-bond donors (Lipinski definition) is 1. The van der Waals surface area contributed by atoms with Crippen LogP contribution in [0, 0.1) is 0 Å². The molecule has 0 unspecified atom stereocenters. The highest BCUT2D eigenvalue weighted by Gasteiger charge is 2.30. The highest BCUT2D eigenvalue weighted by molar-refractivity contribution is 5.27. The molecule has 0 saturated carbocycles. The van der Waals surface area contributed by atoms with Crippen molar-refractivity contribution in [3.05, 3.63) is 51.9 Å². The first kappa shape index (κ1) is 14.2. The van der Waals surface area contributed by atoms with E-state index in [0.717, 1.165) is 5.69 Å². The van der Waals surface area contributed by atoms with Crippen molar-refractivity contribution in [2.24, 2.45) is 0 Å². The lowest BCUT2D eigenvalue weighted by Crippen LogP contribution is -2.18. The molecular formula is C13H13F3N2O2. The van der Waals surface area contributed by atoms with E-state index >= 15 is 0 Å². The van der Waals surface area contributed by atoms with Gasteiger partial charge in [0.05, 0.1) is 6.54 Å². The summed E-state index contributed by atoms with van der Waals surface area (Å²) in [4.78, 5) is 11.6. The molecule has 0 aliphatic heterocycles. The molecule has 0 atom stereocenters. The number of aryl methyl sites for hydroxylation is 1. The molecule has 1 heterocycles. The van der Waals surface area contributed by atoms with E-state index in [1.807, 2.05) is 6.92 Å². The van der Waals surface area contributed by atoms with Gasteiger partial charge in [-0.15, -0.1) is 13.2 Å². The van der Waals surface area contributed by atoms with Crippen LogP contribution in [0.15, 0.2) is 35.1 Å². The predicted octanol–water partition coefficient (Wildman–Crippen LogP) is 2.69. The molecule has 2 rings (SSSR count). The third-order valence-electron chi connectivity index (χ3n) is 2.72. The molecule has 2 aromatic rings. The number of hydrogen-bond acceptors (Lipinski definition) is 2. The Kier molecular flexibility index (Phi) is 3.87. The molecule has 108 valence electrons. The van der Waals surface area contributed by atoms with Crippen LogP contribution in [0.2, 0.25) is 0 Å². The Morgan fingerprint density at radius 2 is 1.90 bits per heavy atom. The number of aromatic nitrogens is 2. The maximum atomic E-state index is 12.0. The minimum atomic E-state index is -4.70. The van der Waals surface area contributed by atoms with E-state index in [9.17, 15) is 18.0 Å². The Hall–Kier alpha value is -2.18. The van der Waals surface area contributed by atoms with Crippen LogP contribution in [0.1, 0.15) is 18.2 Å². The number of ether oxygens (including phenoxy) is 1. The fourth-order valence-electron chi connectivity index (χ4n) is 1.77. The molecule has 1 aromatic heterocycles. The molecule has 0 spiro atoms. The summed E-state index contributed by atoms with van der Waals surface area (Å²) in [6, 6.07) is 6.91. The molecular weight excluding hydrogens is 273 g/mol. The summed E-state index contributed by atoms with van der Waals surface area (Å²) in [5.41, 5.74) is 1.34. The van der Waals surface area contributed by atoms with Gasteiger partial charge in [0.25, 0.3) is 5.56 Å². The maximum absolute atomic E-state index is 12.0. The summed E-state index contributed by atoms with van der Waals surface area (Å²) in [6.07, 6.45) is -3.99. The van der Waals surface area contributed by atoms with Crippen LogP contribution in [0.4, 0.5) is 13.2 Å². The standard InChI is InChI=1S/C13H13F3N2O2/c1-2-10-7-12(19)18(17-10)8-9-3-5-11(6-4-9)20-13(14,15)16/h3-7,17H,2,8H2,1H3. The smallest absolute Gasteiger partial charge is 0.406 e. The Balaban J connectivity index is 2.10. The number of halogens is 3. The van der Waals surface area contributed by atoms with Gasteiger partial charge in [-0.1, -0.05) is 19.1 Å². The van der Waals surface area contributed by atoms with Crippen LogP contribution in [0.5, 0.6) is 5.75 Å². The fourth-order valence-corrected chi connectivity index (χ4v) is 1.77. The number of nitrogens with one attached hydrogen (secondary N) is 1. The topological polar surface area (TPSA) is 47.0 Å². The van der Waals surface area contributed by atoms with Gasteiger partial charge in [0.2, 0.25) is 0 Å². The van der Waals surface area contributed by atoms with E-state index < -0.39 is 6.36 Å². The van der Waals surface area contributed by atoms with E-state index in [0.29, 0.717) is 12.0 Å².